The number of aryl methyl sites for hydroxylation is 1. The second-order valence-corrected chi connectivity index (χ2v) is 22.1. The summed E-state index contributed by atoms with van der Waals surface area (Å²) >= 11 is 0. The van der Waals surface area contributed by atoms with Gasteiger partial charge in [-0.2, -0.15) is 5.10 Å². The Hall–Kier alpha value is -9.33. The molecule has 25 nitrogen and oxygen atoms in total. The van der Waals surface area contributed by atoms with Gasteiger partial charge in [-0.25, -0.2) is 24.5 Å². The van der Waals surface area contributed by atoms with E-state index in [2.05, 4.69) is 15.6 Å². The standard InChI is InChI=1S/C61H71N11O14/c1-60(2,3)86-59(76)67-44(57(74)75)22-24-71(37-16-20-43-45(25-37)66-58(65-43)70(30-35-14-18-39(78-8)27-47(35)81-11)31-36-15-19-40(79-9)28-48(36)82-12)55(73)51-50-52(85-61(4,5)84-50)56(83-51)72-32-41(42-21-23-69(6)68-42)49-53(63-33-64-54(49)72)62-29-34-13-17-38(77-7)26-46(34)80-10/h13-21,23,25-28,32-33,44,50-52,56H,22,24,29-31H2,1-12H3,(H,65,66)(H,67,76)(H,74,75)(H,62,63,64)/t44-,50+,51-,52+,56+/m0/s1. The van der Waals surface area contributed by atoms with Crippen molar-refractivity contribution in [3.05, 3.63) is 114 Å². The third kappa shape index (κ3) is 12.7. The number of carbonyl (C=O) groups is 3. The van der Waals surface area contributed by atoms with Gasteiger partial charge in [0.25, 0.3) is 5.91 Å². The van der Waals surface area contributed by atoms with E-state index in [0.29, 0.717) is 105 Å². The summed E-state index contributed by atoms with van der Waals surface area (Å²) < 4.78 is 63.0. The molecule has 0 spiro atoms. The molecule has 2 aliphatic rings. The number of carboxylic acids is 1. The van der Waals surface area contributed by atoms with E-state index in [0.717, 1.165) is 16.7 Å². The van der Waals surface area contributed by atoms with Crippen LogP contribution in [0.4, 0.5) is 22.2 Å². The second-order valence-electron chi connectivity index (χ2n) is 22.1. The minimum Gasteiger partial charge on any atom is -0.497 e. The number of hydrogen-bond acceptors (Lipinski definition) is 19. The zero-order valence-corrected chi connectivity index (χ0v) is 50.0. The number of imidazole rings is 1. The Labute approximate surface area is 496 Å². The number of carboxylic acid groups (broad SMARTS) is 1. The van der Waals surface area contributed by atoms with Crippen molar-refractivity contribution in [1.82, 2.24) is 39.6 Å². The minimum atomic E-state index is -1.49. The monoisotopic (exact) mass is 1180 g/mol. The van der Waals surface area contributed by atoms with Crippen LogP contribution in [-0.2, 0) is 55.2 Å². The quantitative estimate of drug-likeness (QED) is 0.0468. The maximum Gasteiger partial charge on any atom is 0.408 e. The largest absolute Gasteiger partial charge is 0.497 e. The third-order valence-corrected chi connectivity index (χ3v) is 14.8. The Bertz CT molecular complexity index is 3720. The average molecular weight is 1180 g/mol. The van der Waals surface area contributed by atoms with Crippen LogP contribution in [0.2, 0.25) is 0 Å². The van der Waals surface area contributed by atoms with Crippen LogP contribution in [0.3, 0.4) is 0 Å². The molecule has 0 saturated carbocycles. The molecule has 6 heterocycles. The lowest BCUT2D eigenvalue weighted by atomic mass is 10.1. The number of carbonyl (C=O) groups excluding carboxylic acids is 2. The number of anilines is 3. The summed E-state index contributed by atoms with van der Waals surface area (Å²) in [5.74, 6) is 1.52. The summed E-state index contributed by atoms with van der Waals surface area (Å²) in [5, 5.41) is 21.9. The van der Waals surface area contributed by atoms with Crippen LogP contribution in [0.15, 0.2) is 97.6 Å². The number of nitrogens with one attached hydrogen (secondary N) is 3. The molecule has 454 valence electrons. The predicted octanol–water partition coefficient (Wildman–Crippen LogP) is 8.40. The number of aromatic amines is 1. The van der Waals surface area contributed by atoms with Crippen LogP contribution in [0.5, 0.6) is 34.5 Å². The molecule has 4 N–H and O–H groups in total. The van der Waals surface area contributed by atoms with Gasteiger partial charge in [0.2, 0.25) is 5.95 Å². The number of benzene rings is 4. The van der Waals surface area contributed by atoms with Gasteiger partial charge in [0.15, 0.2) is 18.1 Å². The van der Waals surface area contributed by atoms with E-state index in [-0.39, 0.29) is 13.0 Å². The van der Waals surface area contributed by atoms with Crippen molar-refractivity contribution >= 4 is 57.5 Å². The van der Waals surface area contributed by atoms with Crippen molar-refractivity contribution in [1.29, 1.82) is 0 Å². The topological polar surface area (TPSA) is 271 Å². The van der Waals surface area contributed by atoms with Gasteiger partial charge in [-0.15, -0.1) is 0 Å². The minimum absolute atomic E-state index is 0.234. The number of methoxy groups -OCH3 is 6. The van der Waals surface area contributed by atoms with Gasteiger partial charge >= 0.3 is 12.1 Å². The maximum atomic E-state index is 15.9. The molecule has 2 saturated heterocycles. The number of nitrogens with zero attached hydrogens (tertiary/aromatic N) is 8. The molecule has 8 aromatic rings. The lowest BCUT2D eigenvalue weighted by molar-refractivity contribution is -0.196. The lowest BCUT2D eigenvalue weighted by Gasteiger charge is -2.30. The number of H-pyrrole nitrogens is 1. The predicted molar refractivity (Wildman–Crippen MR) is 317 cm³/mol. The number of fused-ring (bicyclic) bond motifs is 3. The van der Waals surface area contributed by atoms with Gasteiger partial charge < -0.3 is 82.5 Å². The van der Waals surface area contributed by atoms with Gasteiger partial charge in [0.05, 0.1) is 64.8 Å². The fraction of sp³-hybridized carbons (Fsp3) is 0.393. The number of rotatable bonds is 23. The first-order valence-corrected chi connectivity index (χ1v) is 27.7. The molecule has 0 bridgehead atoms. The molecule has 4 aromatic heterocycles. The molecular weight excluding hydrogens is 1110 g/mol. The Morgan fingerprint density at radius 3 is 1.99 bits per heavy atom. The SMILES string of the molecule is COc1ccc(CNc2ncnc3c2c(-c2ccn(C)n2)cn3[C@@H]2O[C@H](C(=O)N(CC[C@H](NC(=O)OC(C)(C)C)C(=O)O)c3ccc4nc(N(Cc5ccc(OC)cc5OC)Cc5ccc(OC)cc5OC)[nH]c4c3)[C@H]3OC(C)(C)O[C@H]32)c(OC)c1. The highest BCUT2D eigenvalue weighted by molar-refractivity contribution is 6.01. The van der Waals surface area contributed by atoms with E-state index in [1.165, 1.54) is 11.2 Å². The molecule has 2 aliphatic heterocycles. The van der Waals surface area contributed by atoms with Crippen LogP contribution in [0.25, 0.3) is 33.3 Å². The lowest BCUT2D eigenvalue weighted by Crippen LogP contribution is -2.49. The zero-order chi connectivity index (χ0) is 61.2. The smallest absolute Gasteiger partial charge is 0.408 e. The van der Waals surface area contributed by atoms with E-state index in [1.807, 2.05) is 78.9 Å². The number of amides is 2. The van der Waals surface area contributed by atoms with Crippen molar-refractivity contribution in [2.24, 2.45) is 7.05 Å². The number of aromatic nitrogens is 7. The molecule has 4 aromatic carbocycles. The summed E-state index contributed by atoms with van der Waals surface area (Å²) in [4.78, 5) is 63.4. The molecule has 86 heavy (non-hydrogen) atoms. The first kappa shape index (κ1) is 59.8. The van der Waals surface area contributed by atoms with E-state index in [1.54, 1.807) is 111 Å². The maximum absolute atomic E-state index is 15.9. The Morgan fingerprint density at radius 1 is 0.791 bits per heavy atom. The van der Waals surface area contributed by atoms with Crippen LogP contribution in [0, 0.1) is 0 Å². The number of aliphatic carboxylic acids is 1. The van der Waals surface area contributed by atoms with Gasteiger partial charge in [-0.1, -0.05) is 0 Å². The third-order valence-electron chi connectivity index (χ3n) is 14.8. The molecule has 0 unspecified atom stereocenters. The van der Waals surface area contributed by atoms with E-state index in [4.69, 9.17) is 67.4 Å². The highest BCUT2D eigenvalue weighted by Crippen LogP contribution is 2.47. The normalized spacial score (nSPS) is 17.4. The first-order valence-electron chi connectivity index (χ1n) is 27.7. The summed E-state index contributed by atoms with van der Waals surface area (Å²) in [6.45, 7) is 9.23. The summed E-state index contributed by atoms with van der Waals surface area (Å²) in [6.07, 6.45) is -0.347. The van der Waals surface area contributed by atoms with Crippen molar-refractivity contribution in [3.63, 3.8) is 0 Å². The van der Waals surface area contributed by atoms with Crippen molar-refractivity contribution in [2.45, 2.75) is 103 Å². The Morgan fingerprint density at radius 2 is 1.41 bits per heavy atom. The molecule has 2 amide bonds. The number of ether oxygens (including phenoxy) is 10. The van der Waals surface area contributed by atoms with Crippen molar-refractivity contribution < 1.29 is 66.9 Å². The van der Waals surface area contributed by atoms with Gasteiger partial charge in [-0.3, -0.25) is 9.48 Å². The zero-order valence-electron chi connectivity index (χ0n) is 50.0. The molecule has 10 rings (SSSR count). The molecular formula is C61H71N11O14. The van der Waals surface area contributed by atoms with Crippen LogP contribution in [0.1, 0.15) is 64.0 Å². The number of alkyl carbamates (subject to hydrolysis) is 1. The highest BCUT2D eigenvalue weighted by atomic mass is 16.8. The first-order chi connectivity index (χ1) is 41.2. The van der Waals surface area contributed by atoms with Gasteiger partial charge in [-0.05, 0) is 102 Å². The summed E-state index contributed by atoms with van der Waals surface area (Å²) in [5.41, 5.74) is 4.72. The molecule has 0 aliphatic carbocycles. The molecule has 2 fully saturated rings. The van der Waals surface area contributed by atoms with E-state index in [9.17, 15) is 14.7 Å². The van der Waals surface area contributed by atoms with E-state index < -0.39 is 59.9 Å². The average Bonchev–Trinajstić information content (AvgIpc) is 1.77. The Kier molecular flexibility index (Phi) is 17.2. The summed E-state index contributed by atoms with van der Waals surface area (Å²) in [7, 11) is 11.4. The van der Waals surface area contributed by atoms with Crippen LogP contribution < -0.4 is 48.9 Å². The fourth-order valence-electron chi connectivity index (χ4n) is 10.7. The fourth-order valence-corrected chi connectivity index (χ4v) is 10.7. The summed E-state index contributed by atoms with van der Waals surface area (Å²) in [6, 6.07) is 22.4. The molecule has 5 atom stereocenters. The van der Waals surface area contributed by atoms with Gasteiger partial charge in [0, 0.05) is 91.8 Å². The van der Waals surface area contributed by atoms with Crippen molar-refractivity contribution in [3.8, 4) is 45.8 Å². The second kappa shape index (κ2) is 24.7. The Balaban J connectivity index is 1.04. The number of hydrogen-bond donors (Lipinski definition) is 4. The molecule has 0 radical (unpaired) electrons. The van der Waals surface area contributed by atoms with Crippen LogP contribution >= 0.6 is 0 Å². The van der Waals surface area contributed by atoms with Crippen molar-refractivity contribution in [2.75, 3.05) is 64.3 Å². The van der Waals surface area contributed by atoms with E-state index >= 15 is 4.79 Å². The van der Waals surface area contributed by atoms with Gasteiger partial charge in [0.1, 0.15) is 76.1 Å². The molecule has 25 heteroatoms. The highest BCUT2D eigenvalue weighted by Gasteiger charge is 2.59. The van der Waals surface area contributed by atoms with Crippen LogP contribution in [-0.4, -0.2) is 142 Å².